The van der Waals surface area contributed by atoms with Gasteiger partial charge in [-0.25, -0.2) is 19.9 Å². The van der Waals surface area contributed by atoms with Crippen molar-refractivity contribution in [2.75, 3.05) is 24.3 Å². The molecule has 5 heterocycles. The first-order valence-electron chi connectivity index (χ1n) is 11.4. The normalized spacial score (nSPS) is 13.5. The molecule has 0 aliphatic carbocycles. The van der Waals surface area contributed by atoms with Crippen molar-refractivity contribution in [2.45, 2.75) is 19.0 Å². The van der Waals surface area contributed by atoms with E-state index in [-0.39, 0.29) is 11.5 Å². The van der Waals surface area contributed by atoms with Crippen LogP contribution >= 0.6 is 0 Å². The van der Waals surface area contributed by atoms with Crippen molar-refractivity contribution in [1.82, 2.24) is 39.7 Å². The summed E-state index contributed by atoms with van der Waals surface area (Å²) in [5, 5.41) is 7.77. The number of hydrogen-bond acceptors (Lipinski definition) is 8. The highest BCUT2D eigenvalue weighted by Crippen LogP contribution is 2.36. The molecule has 0 amide bonds. The van der Waals surface area contributed by atoms with E-state index in [1.807, 2.05) is 32.1 Å². The molecule has 5 rings (SSSR count). The Hall–Kier alpha value is -4.06. The Kier molecular flexibility index (Phi) is 5.39. The maximum atomic E-state index is 13.5. The molecule has 0 radical (unpaired) electrons. The van der Waals surface area contributed by atoms with Gasteiger partial charge in [0.05, 0.1) is 33.8 Å². The Balaban J connectivity index is 1.76. The maximum absolute atomic E-state index is 13.5. The molecule has 3 N–H and O–H groups in total. The van der Waals surface area contributed by atoms with E-state index in [0.717, 1.165) is 11.2 Å². The Labute approximate surface area is 204 Å². The molecule has 0 aliphatic rings. The lowest BCUT2D eigenvalue weighted by molar-refractivity contribution is 0.462. The van der Waals surface area contributed by atoms with Gasteiger partial charge in [0.1, 0.15) is 22.7 Å². The number of imidazole rings is 1. The Bertz CT molecular complexity index is 1590. The highest BCUT2D eigenvalue weighted by atomic mass is 28.1. The number of nitrogens with zero attached hydrogens (tertiary/aromatic N) is 7. The van der Waals surface area contributed by atoms with Crippen molar-refractivity contribution in [3.63, 3.8) is 0 Å². The van der Waals surface area contributed by atoms with Crippen LogP contribution in [-0.2, 0) is 12.2 Å². The average molecular weight is 489 g/mol. The van der Waals surface area contributed by atoms with E-state index in [9.17, 15) is 4.79 Å². The zero-order valence-corrected chi connectivity index (χ0v) is 22.6. The van der Waals surface area contributed by atoms with Crippen LogP contribution in [0.5, 0.6) is 0 Å². The molecule has 180 valence electrons. The molecule has 0 spiro atoms. The van der Waals surface area contributed by atoms with Crippen molar-refractivity contribution in [3.05, 3.63) is 53.1 Å². The number of pyridine rings is 2. The van der Waals surface area contributed by atoms with Crippen molar-refractivity contribution >= 4 is 43.8 Å². The lowest BCUT2D eigenvalue weighted by Gasteiger charge is -2.35. The second kappa shape index (κ2) is 8.31. The van der Waals surface area contributed by atoms with Gasteiger partial charge < -0.3 is 20.2 Å². The zero-order chi connectivity index (χ0) is 24.9. The van der Waals surface area contributed by atoms with Gasteiger partial charge >= 0.3 is 0 Å². The number of aromatic nitrogens is 8. The highest BCUT2D eigenvalue weighted by molar-refractivity contribution is 6.18. The van der Waals surface area contributed by atoms with Gasteiger partial charge in [-0.3, -0.25) is 9.48 Å². The third-order valence-corrected chi connectivity index (χ3v) is 8.29. The van der Waals surface area contributed by atoms with Crippen LogP contribution in [0.4, 0.5) is 11.4 Å². The maximum Gasteiger partial charge on any atom is 0.261 e. The SMILES string of the molecule is CC(C)[C@@]([SiH3])(Nc1c(-c2nc3ncc(N(C)C)cc3[nH]2)c(=O)[nH]c2cn(C)nc12)c1ncccn1. The molecule has 5 aromatic heterocycles. The smallest absolute Gasteiger partial charge is 0.261 e. The van der Waals surface area contributed by atoms with Gasteiger partial charge in [-0.05, 0) is 18.1 Å². The Morgan fingerprint density at radius 2 is 1.89 bits per heavy atom. The predicted molar refractivity (Wildman–Crippen MR) is 141 cm³/mol. The second-order valence-electron chi connectivity index (χ2n) is 9.37. The summed E-state index contributed by atoms with van der Waals surface area (Å²) in [6.07, 6.45) is 7.02. The van der Waals surface area contributed by atoms with Gasteiger partial charge in [0.25, 0.3) is 5.56 Å². The van der Waals surface area contributed by atoms with Crippen LogP contribution < -0.4 is 15.8 Å². The van der Waals surface area contributed by atoms with E-state index in [0.29, 0.717) is 49.8 Å². The number of fused-ring (bicyclic) bond motifs is 2. The molecular formula is C23H28N10OSi. The van der Waals surface area contributed by atoms with Crippen molar-refractivity contribution in [1.29, 1.82) is 0 Å². The molecule has 0 bridgehead atoms. The molecule has 12 heteroatoms. The molecule has 11 nitrogen and oxygen atoms in total. The first kappa shape index (κ1) is 22.7. The van der Waals surface area contributed by atoms with Crippen LogP contribution in [-0.4, -0.2) is 64.0 Å². The van der Waals surface area contributed by atoms with Gasteiger partial charge in [-0.1, -0.05) is 13.8 Å². The van der Waals surface area contributed by atoms with Crippen LogP contribution in [0, 0.1) is 5.92 Å². The average Bonchev–Trinajstić information content (AvgIpc) is 3.41. The van der Waals surface area contributed by atoms with Crippen molar-refractivity contribution < 1.29 is 0 Å². The molecule has 35 heavy (non-hydrogen) atoms. The predicted octanol–water partition coefficient (Wildman–Crippen LogP) is 1.34. The summed E-state index contributed by atoms with van der Waals surface area (Å²) in [6.45, 7) is 4.24. The van der Waals surface area contributed by atoms with E-state index in [4.69, 9.17) is 0 Å². The number of aromatic amines is 2. The first-order valence-corrected chi connectivity index (χ1v) is 12.4. The summed E-state index contributed by atoms with van der Waals surface area (Å²) >= 11 is 0. The molecule has 0 fully saturated rings. The standard InChI is InChI=1S/C23H28N10OSi/c1-12(2)23(35,22-24-7-6-8-25-22)30-18-16(21(34)28-15-11-33(5)31-17(15)18)20-27-14-9-13(32(3)4)10-26-19(14)29-20/h6-12,30H,1-5,35H3,(H,28,34)(H,26,27,29)/t23-/m0/s1. The molecule has 0 saturated carbocycles. The fraction of sp³-hybridized carbons (Fsp3) is 0.304. The van der Waals surface area contributed by atoms with Gasteiger partial charge in [0.2, 0.25) is 0 Å². The quantitative estimate of drug-likeness (QED) is 0.305. The van der Waals surface area contributed by atoms with Gasteiger partial charge in [0.15, 0.2) is 5.65 Å². The minimum absolute atomic E-state index is 0.141. The summed E-state index contributed by atoms with van der Waals surface area (Å²) < 4.78 is 1.68. The van der Waals surface area contributed by atoms with Crippen molar-refractivity contribution in [3.8, 4) is 11.4 Å². The summed E-state index contributed by atoms with van der Waals surface area (Å²) in [5.41, 5.74) is 4.16. The second-order valence-corrected chi connectivity index (χ2v) is 10.9. The van der Waals surface area contributed by atoms with Gasteiger partial charge in [-0.2, -0.15) is 5.10 Å². The molecule has 0 saturated heterocycles. The third-order valence-electron chi connectivity index (χ3n) is 6.44. The molecule has 0 aliphatic heterocycles. The summed E-state index contributed by atoms with van der Waals surface area (Å²) in [5.74, 6) is 1.24. The fourth-order valence-corrected chi connectivity index (χ4v) is 4.57. The summed E-state index contributed by atoms with van der Waals surface area (Å²) in [4.78, 5) is 39.9. The number of anilines is 2. The minimum atomic E-state index is -0.559. The third kappa shape index (κ3) is 3.85. The van der Waals surface area contributed by atoms with Gasteiger partial charge in [-0.15, -0.1) is 0 Å². The summed E-state index contributed by atoms with van der Waals surface area (Å²) in [7, 11) is 6.40. The van der Waals surface area contributed by atoms with E-state index in [2.05, 4.69) is 54.2 Å². The van der Waals surface area contributed by atoms with Crippen LogP contribution in [0.2, 0.25) is 0 Å². The lowest BCUT2D eigenvalue weighted by Crippen LogP contribution is -2.43. The Morgan fingerprint density at radius 3 is 2.57 bits per heavy atom. The van der Waals surface area contributed by atoms with Crippen LogP contribution in [0.25, 0.3) is 33.6 Å². The number of nitrogens with one attached hydrogen (secondary N) is 3. The van der Waals surface area contributed by atoms with E-state index in [1.165, 1.54) is 0 Å². The zero-order valence-electron chi connectivity index (χ0n) is 20.6. The van der Waals surface area contributed by atoms with E-state index in [1.54, 1.807) is 35.5 Å². The molecular weight excluding hydrogens is 460 g/mol. The van der Waals surface area contributed by atoms with Crippen LogP contribution in [0.1, 0.15) is 19.7 Å². The molecule has 0 unspecified atom stereocenters. The van der Waals surface area contributed by atoms with Gasteiger partial charge in [0, 0.05) is 50.0 Å². The summed E-state index contributed by atoms with van der Waals surface area (Å²) in [6, 6.07) is 3.76. The first-order chi connectivity index (χ1) is 16.7. The van der Waals surface area contributed by atoms with Crippen LogP contribution in [0.15, 0.2) is 41.7 Å². The minimum Gasteiger partial charge on any atom is -0.376 e. The molecule has 5 aromatic rings. The number of rotatable bonds is 6. The number of hydrogen-bond donors (Lipinski definition) is 3. The number of H-pyrrole nitrogens is 2. The lowest BCUT2D eigenvalue weighted by atomic mass is 10.0. The largest absolute Gasteiger partial charge is 0.376 e. The van der Waals surface area contributed by atoms with Crippen molar-refractivity contribution in [2.24, 2.45) is 13.0 Å². The van der Waals surface area contributed by atoms with E-state index < -0.39 is 5.16 Å². The monoisotopic (exact) mass is 488 g/mol. The molecule has 1 atom stereocenters. The Morgan fingerprint density at radius 1 is 1.14 bits per heavy atom. The fourth-order valence-electron chi connectivity index (χ4n) is 4.07. The molecule has 0 aromatic carbocycles. The number of aryl methyl sites for hydroxylation is 1. The topological polar surface area (TPSA) is 133 Å². The van der Waals surface area contributed by atoms with Crippen LogP contribution in [0.3, 0.4) is 0 Å². The highest BCUT2D eigenvalue weighted by Gasteiger charge is 2.35. The van der Waals surface area contributed by atoms with E-state index >= 15 is 0 Å².